The summed E-state index contributed by atoms with van der Waals surface area (Å²) >= 11 is 6.03. The minimum absolute atomic E-state index is 0.0418. The fourth-order valence-corrected chi connectivity index (χ4v) is 4.38. The molecule has 4 unspecified atom stereocenters. The summed E-state index contributed by atoms with van der Waals surface area (Å²) in [5, 5.41) is 3.13. The first kappa shape index (κ1) is 14.9. The van der Waals surface area contributed by atoms with Crippen LogP contribution in [0.5, 0.6) is 0 Å². The molecule has 1 aromatic rings. The Kier molecular flexibility index (Phi) is 4.84. The maximum atomic E-state index is 12.3. The minimum atomic E-state index is 0.0418. The fraction of sp³-hybridized carbons (Fsp3) is 0.611. The molecule has 0 radical (unpaired) electrons. The first-order valence-corrected chi connectivity index (χ1v) is 8.67. The monoisotopic (exact) mass is 305 g/mol. The van der Waals surface area contributed by atoms with Gasteiger partial charge < -0.3 is 5.32 Å². The van der Waals surface area contributed by atoms with Crippen LogP contribution in [0.1, 0.15) is 37.7 Å². The van der Waals surface area contributed by atoms with Gasteiger partial charge in [0.05, 0.1) is 0 Å². The van der Waals surface area contributed by atoms with Crippen molar-refractivity contribution in [1.29, 1.82) is 0 Å². The van der Waals surface area contributed by atoms with E-state index in [0.717, 1.165) is 18.3 Å². The summed E-state index contributed by atoms with van der Waals surface area (Å²) in [7, 11) is 0. The molecule has 0 spiro atoms. The van der Waals surface area contributed by atoms with Crippen LogP contribution in [0.4, 0.5) is 0 Å². The molecule has 21 heavy (non-hydrogen) atoms. The van der Waals surface area contributed by atoms with Crippen LogP contribution in [0, 0.1) is 17.8 Å². The minimum Gasteiger partial charge on any atom is -0.352 e. The van der Waals surface area contributed by atoms with E-state index < -0.39 is 0 Å². The number of carbonyl (C=O) groups excluding carboxylic acids is 1. The predicted octanol–water partition coefficient (Wildman–Crippen LogP) is 3.78. The molecule has 2 nitrogen and oxygen atoms in total. The van der Waals surface area contributed by atoms with E-state index in [1.807, 2.05) is 18.2 Å². The summed E-state index contributed by atoms with van der Waals surface area (Å²) in [6.45, 7) is 0. The van der Waals surface area contributed by atoms with Crippen LogP contribution in [-0.4, -0.2) is 17.8 Å². The van der Waals surface area contributed by atoms with Gasteiger partial charge >= 0.3 is 0 Å². The van der Waals surface area contributed by atoms with Gasteiger partial charge in [-0.2, -0.15) is 0 Å². The average Bonchev–Trinajstić information content (AvgIpc) is 3.10. The molecule has 0 saturated heterocycles. The van der Waals surface area contributed by atoms with E-state index in [2.05, 4.69) is 17.4 Å². The normalized spacial score (nSPS) is 28.5. The third-order valence-corrected chi connectivity index (χ3v) is 5.58. The van der Waals surface area contributed by atoms with Crippen LogP contribution in [0.25, 0.3) is 0 Å². The SMILES string of the molecule is O=C(CC1CC2CCC1C2)NC(CCl)Cc1ccccc1. The smallest absolute Gasteiger partial charge is 0.220 e. The molecule has 0 aliphatic heterocycles. The molecule has 2 saturated carbocycles. The molecule has 3 rings (SSSR count). The lowest BCUT2D eigenvalue weighted by Crippen LogP contribution is -2.39. The summed E-state index contributed by atoms with van der Waals surface area (Å²) in [5.74, 6) is 2.99. The summed E-state index contributed by atoms with van der Waals surface area (Å²) in [4.78, 5) is 12.3. The molecule has 0 heterocycles. The molecule has 0 aromatic heterocycles. The third-order valence-electron chi connectivity index (χ3n) is 5.21. The van der Waals surface area contributed by atoms with E-state index in [0.29, 0.717) is 18.2 Å². The van der Waals surface area contributed by atoms with E-state index >= 15 is 0 Å². The zero-order valence-corrected chi connectivity index (χ0v) is 13.2. The second-order valence-electron chi connectivity index (χ2n) is 6.75. The van der Waals surface area contributed by atoms with Gasteiger partial charge in [-0.05, 0) is 49.0 Å². The van der Waals surface area contributed by atoms with Crippen molar-refractivity contribution < 1.29 is 4.79 Å². The highest BCUT2D eigenvalue weighted by molar-refractivity contribution is 6.18. The Balaban J connectivity index is 1.48. The van der Waals surface area contributed by atoms with Gasteiger partial charge in [-0.3, -0.25) is 4.79 Å². The fourth-order valence-electron chi connectivity index (χ4n) is 4.19. The Hall–Kier alpha value is -1.02. The van der Waals surface area contributed by atoms with Crippen LogP contribution in [0.15, 0.2) is 30.3 Å². The summed E-state index contributed by atoms with van der Waals surface area (Å²) in [5.41, 5.74) is 1.23. The van der Waals surface area contributed by atoms with Crippen LogP contribution >= 0.6 is 11.6 Å². The van der Waals surface area contributed by atoms with Crippen molar-refractivity contribution in [3.8, 4) is 0 Å². The van der Waals surface area contributed by atoms with Crippen LogP contribution < -0.4 is 5.32 Å². The molecular weight excluding hydrogens is 282 g/mol. The Morgan fingerprint density at radius 2 is 2.05 bits per heavy atom. The maximum absolute atomic E-state index is 12.3. The van der Waals surface area contributed by atoms with E-state index in [1.54, 1.807) is 0 Å². The van der Waals surface area contributed by atoms with Crippen molar-refractivity contribution in [1.82, 2.24) is 5.32 Å². The van der Waals surface area contributed by atoms with Crippen molar-refractivity contribution in [2.45, 2.75) is 44.6 Å². The van der Waals surface area contributed by atoms with Gasteiger partial charge in [0.15, 0.2) is 0 Å². The van der Waals surface area contributed by atoms with Crippen molar-refractivity contribution in [3.05, 3.63) is 35.9 Å². The van der Waals surface area contributed by atoms with Gasteiger partial charge in [-0.15, -0.1) is 11.6 Å². The number of hydrogen-bond acceptors (Lipinski definition) is 1. The van der Waals surface area contributed by atoms with Crippen LogP contribution in [0.3, 0.4) is 0 Å². The highest BCUT2D eigenvalue weighted by Gasteiger charge is 2.40. The van der Waals surface area contributed by atoms with Gasteiger partial charge in [0.1, 0.15) is 0 Å². The molecule has 1 amide bonds. The number of hydrogen-bond donors (Lipinski definition) is 1. The van der Waals surface area contributed by atoms with E-state index in [-0.39, 0.29) is 11.9 Å². The van der Waals surface area contributed by atoms with Gasteiger partial charge in [0.2, 0.25) is 5.91 Å². The number of nitrogens with one attached hydrogen (secondary N) is 1. The van der Waals surface area contributed by atoms with Crippen LogP contribution in [-0.2, 0) is 11.2 Å². The molecular formula is C18H24ClNO. The summed E-state index contributed by atoms with van der Waals surface area (Å²) < 4.78 is 0. The number of halogens is 1. The standard InChI is InChI=1S/C18H24ClNO/c19-12-17(10-13-4-2-1-3-5-13)20-18(21)11-16-9-14-6-7-15(16)8-14/h1-5,14-17H,6-12H2,(H,20,21). The number of carbonyl (C=O) groups is 1. The summed E-state index contributed by atoms with van der Waals surface area (Å²) in [6, 6.07) is 10.3. The van der Waals surface area contributed by atoms with Gasteiger partial charge in [-0.25, -0.2) is 0 Å². The highest BCUT2D eigenvalue weighted by Crippen LogP contribution is 2.49. The summed E-state index contributed by atoms with van der Waals surface area (Å²) in [6.07, 6.45) is 6.87. The highest BCUT2D eigenvalue weighted by atomic mass is 35.5. The van der Waals surface area contributed by atoms with E-state index in [9.17, 15) is 4.79 Å². The quantitative estimate of drug-likeness (QED) is 0.796. The molecule has 2 bridgehead atoms. The number of alkyl halides is 1. The predicted molar refractivity (Wildman–Crippen MR) is 86.4 cm³/mol. The second kappa shape index (κ2) is 6.83. The van der Waals surface area contributed by atoms with Crippen molar-refractivity contribution >= 4 is 17.5 Å². The molecule has 1 aromatic carbocycles. The molecule has 4 atom stereocenters. The maximum Gasteiger partial charge on any atom is 0.220 e. The molecule has 2 aliphatic carbocycles. The van der Waals surface area contributed by atoms with Crippen LogP contribution in [0.2, 0.25) is 0 Å². The number of fused-ring (bicyclic) bond motifs is 2. The molecule has 114 valence electrons. The van der Waals surface area contributed by atoms with Crippen molar-refractivity contribution in [3.63, 3.8) is 0 Å². The van der Waals surface area contributed by atoms with E-state index in [4.69, 9.17) is 11.6 Å². The topological polar surface area (TPSA) is 29.1 Å². The Morgan fingerprint density at radius 3 is 2.67 bits per heavy atom. The molecule has 3 heteroatoms. The average molecular weight is 306 g/mol. The molecule has 1 N–H and O–H groups in total. The first-order valence-electron chi connectivity index (χ1n) is 8.14. The van der Waals surface area contributed by atoms with Crippen molar-refractivity contribution in [2.75, 3.05) is 5.88 Å². The van der Waals surface area contributed by atoms with Gasteiger partial charge in [-0.1, -0.05) is 36.8 Å². The second-order valence-corrected chi connectivity index (χ2v) is 7.06. The largest absolute Gasteiger partial charge is 0.352 e. The number of amides is 1. The molecule has 2 aliphatic rings. The Labute approximate surface area is 132 Å². The molecule has 2 fully saturated rings. The lowest BCUT2D eigenvalue weighted by molar-refractivity contribution is -0.122. The lowest BCUT2D eigenvalue weighted by Gasteiger charge is -2.23. The van der Waals surface area contributed by atoms with Gasteiger partial charge in [0.25, 0.3) is 0 Å². The Morgan fingerprint density at radius 1 is 1.24 bits per heavy atom. The van der Waals surface area contributed by atoms with E-state index in [1.165, 1.54) is 31.2 Å². The third kappa shape index (κ3) is 3.79. The van der Waals surface area contributed by atoms with Gasteiger partial charge in [0, 0.05) is 18.3 Å². The first-order chi connectivity index (χ1) is 10.2. The Bertz CT molecular complexity index is 475. The van der Waals surface area contributed by atoms with Crippen molar-refractivity contribution in [2.24, 2.45) is 17.8 Å². The number of benzene rings is 1. The lowest BCUT2D eigenvalue weighted by atomic mass is 9.86. The zero-order valence-electron chi connectivity index (χ0n) is 12.4. The number of rotatable bonds is 6. The zero-order chi connectivity index (χ0) is 14.7.